The summed E-state index contributed by atoms with van der Waals surface area (Å²) in [5, 5.41) is 2.13. The van der Waals surface area contributed by atoms with Crippen molar-refractivity contribution >= 4 is 43.7 Å². The zero-order chi connectivity index (χ0) is 17.0. The highest BCUT2D eigenvalue weighted by Gasteiger charge is 2.26. The van der Waals surface area contributed by atoms with Gasteiger partial charge in [-0.05, 0) is 30.3 Å². The van der Waals surface area contributed by atoms with Crippen molar-refractivity contribution in [2.24, 2.45) is 0 Å². The number of amides is 1. The molecule has 0 fully saturated rings. The Morgan fingerprint density at radius 3 is 2.96 bits per heavy atom. The molecule has 0 atom stereocenters. The van der Waals surface area contributed by atoms with Gasteiger partial charge in [-0.15, -0.1) is 0 Å². The molecule has 2 aromatic heterocycles. The van der Waals surface area contributed by atoms with Crippen LogP contribution in [0.2, 0.25) is 0 Å². The largest absolute Gasteiger partial charge is 0.451 e. The van der Waals surface area contributed by atoms with Crippen LogP contribution in [0.3, 0.4) is 0 Å². The number of carbonyl (C=O) groups excluding carboxylic acids is 1. The van der Waals surface area contributed by atoms with Gasteiger partial charge in [-0.2, -0.15) is 0 Å². The summed E-state index contributed by atoms with van der Waals surface area (Å²) in [6, 6.07) is 15.8. The molecule has 0 aliphatic carbocycles. The quantitative estimate of drug-likeness (QED) is 0.500. The number of hydrogen-bond donors (Lipinski definition) is 1. The number of benzene rings is 2. The van der Waals surface area contributed by atoms with Crippen LogP contribution in [0.1, 0.15) is 21.8 Å². The third-order valence-electron chi connectivity index (χ3n) is 4.86. The molecule has 0 saturated heterocycles. The van der Waals surface area contributed by atoms with Gasteiger partial charge in [0.2, 0.25) is 0 Å². The van der Waals surface area contributed by atoms with Gasteiger partial charge < -0.3 is 14.3 Å². The molecule has 1 amide bonds. The highest BCUT2D eigenvalue weighted by molar-refractivity contribution is 9.10. The number of H-pyrrole nitrogens is 1. The first-order valence-corrected chi connectivity index (χ1v) is 9.05. The average Bonchev–Trinajstić information content (AvgIpc) is 3.21. The van der Waals surface area contributed by atoms with Crippen LogP contribution >= 0.6 is 15.9 Å². The first-order valence-electron chi connectivity index (χ1n) is 8.26. The highest BCUT2D eigenvalue weighted by Crippen LogP contribution is 2.29. The number of halogens is 1. The minimum absolute atomic E-state index is 0.0525. The topological polar surface area (TPSA) is 49.2 Å². The molecule has 1 aliphatic rings. The minimum atomic E-state index is -0.0525. The zero-order valence-corrected chi connectivity index (χ0v) is 15.0. The summed E-state index contributed by atoms with van der Waals surface area (Å²) in [6.45, 7) is 1.30. The molecule has 1 N–H and O–H groups in total. The lowest BCUT2D eigenvalue weighted by Crippen LogP contribution is -2.35. The average molecular weight is 395 g/mol. The normalized spacial score (nSPS) is 14.2. The van der Waals surface area contributed by atoms with Crippen molar-refractivity contribution in [3.8, 4) is 0 Å². The number of nitrogens with one attached hydrogen (secondary N) is 1. The summed E-state index contributed by atoms with van der Waals surface area (Å²) < 4.78 is 6.75. The predicted octanol–water partition coefficient (Wildman–Crippen LogP) is 4.88. The van der Waals surface area contributed by atoms with E-state index in [1.807, 2.05) is 41.3 Å². The number of para-hydroxylation sites is 1. The van der Waals surface area contributed by atoms with Gasteiger partial charge in [0.05, 0.1) is 0 Å². The standard InChI is InChI=1S/C20H15BrN2O2/c21-13-5-6-18-12(9-13)10-19(25-18)20(24)23-8-7-17-15(11-23)14-3-1-2-4-16(14)22-17/h1-6,9-10,22H,7-8,11H2. The van der Waals surface area contributed by atoms with Crippen molar-refractivity contribution in [2.75, 3.05) is 6.54 Å². The second-order valence-corrected chi connectivity index (χ2v) is 7.31. The molecule has 5 rings (SSSR count). The van der Waals surface area contributed by atoms with Gasteiger partial charge in [0.15, 0.2) is 5.76 Å². The molecule has 4 aromatic rings. The Morgan fingerprint density at radius 2 is 2.04 bits per heavy atom. The molecule has 3 heterocycles. The molecule has 0 unspecified atom stereocenters. The number of rotatable bonds is 1. The first-order chi connectivity index (χ1) is 12.2. The fraction of sp³-hybridized carbons (Fsp3) is 0.150. The van der Waals surface area contributed by atoms with E-state index in [2.05, 4.69) is 33.0 Å². The van der Waals surface area contributed by atoms with Gasteiger partial charge in [0.1, 0.15) is 5.58 Å². The second-order valence-electron chi connectivity index (χ2n) is 6.40. The molecule has 0 saturated carbocycles. The van der Waals surface area contributed by atoms with Crippen LogP contribution in [0.5, 0.6) is 0 Å². The van der Waals surface area contributed by atoms with Crippen LogP contribution in [0.4, 0.5) is 0 Å². The van der Waals surface area contributed by atoms with E-state index in [0.29, 0.717) is 18.8 Å². The molecule has 0 radical (unpaired) electrons. The molecule has 2 aromatic carbocycles. The summed E-state index contributed by atoms with van der Waals surface area (Å²) in [7, 11) is 0. The van der Waals surface area contributed by atoms with Crippen molar-refractivity contribution in [1.82, 2.24) is 9.88 Å². The number of hydrogen-bond acceptors (Lipinski definition) is 2. The molecular weight excluding hydrogens is 380 g/mol. The van der Waals surface area contributed by atoms with Crippen molar-refractivity contribution in [1.29, 1.82) is 0 Å². The van der Waals surface area contributed by atoms with Gasteiger partial charge in [-0.3, -0.25) is 4.79 Å². The molecular formula is C20H15BrN2O2. The molecule has 4 nitrogen and oxygen atoms in total. The Labute approximate surface area is 152 Å². The Kier molecular flexibility index (Phi) is 3.25. The lowest BCUT2D eigenvalue weighted by atomic mass is 10.0. The molecule has 0 bridgehead atoms. The van der Waals surface area contributed by atoms with Crippen molar-refractivity contribution < 1.29 is 9.21 Å². The van der Waals surface area contributed by atoms with E-state index in [1.54, 1.807) is 0 Å². The van der Waals surface area contributed by atoms with Gasteiger partial charge in [0.25, 0.3) is 5.91 Å². The predicted molar refractivity (Wildman–Crippen MR) is 101 cm³/mol. The maximum absolute atomic E-state index is 12.9. The summed E-state index contributed by atoms with van der Waals surface area (Å²) in [4.78, 5) is 18.3. The number of carbonyl (C=O) groups is 1. The molecule has 124 valence electrons. The molecule has 0 spiro atoms. The number of aromatic nitrogens is 1. The van der Waals surface area contributed by atoms with Gasteiger partial charge in [-0.1, -0.05) is 34.1 Å². The third-order valence-corrected chi connectivity index (χ3v) is 5.35. The molecule has 5 heteroatoms. The third kappa shape index (κ3) is 2.38. The second kappa shape index (κ2) is 5.49. The Morgan fingerprint density at radius 1 is 1.16 bits per heavy atom. The monoisotopic (exact) mass is 394 g/mol. The van der Waals surface area contributed by atoms with E-state index in [9.17, 15) is 4.79 Å². The van der Waals surface area contributed by atoms with Crippen LogP contribution < -0.4 is 0 Å². The maximum Gasteiger partial charge on any atom is 0.289 e. The molecule has 25 heavy (non-hydrogen) atoms. The summed E-state index contributed by atoms with van der Waals surface area (Å²) >= 11 is 3.45. The fourth-order valence-electron chi connectivity index (χ4n) is 3.62. The van der Waals surface area contributed by atoms with Crippen LogP contribution in [-0.2, 0) is 13.0 Å². The Bertz CT molecular complexity index is 1130. The van der Waals surface area contributed by atoms with E-state index in [-0.39, 0.29) is 5.91 Å². The van der Waals surface area contributed by atoms with Crippen molar-refractivity contribution in [3.05, 3.63) is 70.0 Å². The van der Waals surface area contributed by atoms with E-state index >= 15 is 0 Å². The summed E-state index contributed by atoms with van der Waals surface area (Å²) in [5.74, 6) is 0.347. The number of nitrogens with zero attached hydrogens (tertiary/aromatic N) is 1. The van der Waals surface area contributed by atoms with Crippen LogP contribution in [0, 0.1) is 0 Å². The van der Waals surface area contributed by atoms with Crippen LogP contribution in [0.25, 0.3) is 21.9 Å². The Balaban J connectivity index is 1.49. The van der Waals surface area contributed by atoms with Crippen LogP contribution in [0.15, 0.2) is 57.4 Å². The summed E-state index contributed by atoms with van der Waals surface area (Å²) in [6.07, 6.45) is 0.835. The Hall–Kier alpha value is -2.53. The van der Waals surface area contributed by atoms with E-state index < -0.39 is 0 Å². The van der Waals surface area contributed by atoms with Crippen molar-refractivity contribution in [2.45, 2.75) is 13.0 Å². The van der Waals surface area contributed by atoms with Gasteiger partial charge in [-0.25, -0.2) is 0 Å². The number of aromatic amines is 1. The lowest BCUT2D eigenvalue weighted by Gasteiger charge is -2.26. The zero-order valence-electron chi connectivity index (χ0n) is 13.4. The lowest BCUT2D eigenvalue weighted by molar-refractivity contribution is 0.0705. The minimum Gasteiger partial charge on any atom is -0.451 e. The van der Waals surface area contributed by atoms with Gasteiger partial charge >= 0.3 is 0 Å². The number of furan rings is 1. The molecule has 1 aliphatic heterocycles. The first kappa shape index (κ1) is 14.8. The van der Waals surface area contributed by atoms with E-state index in [0.717, 1.165) is 27.4 Å². The highest BCUT2D eigenvalue weighted by atomic mass is 79.9. The number of fused-ring (bicyclic) bond motifs is 4. The van der Waals surface area contributed by atoms with E-state index in [4.69, 9.17) is 4.42 Å². The fourth-order valence-corrected chi connectivity index (χ4v) is 3.99. The van der Waals surface area contributed by atoms with E-state index in [1.165, 1.54) is 16.6 Å². The van der Waals surface area contributed by atoms with Crippen molar-refractivity contribution in [3.63, 3.8) is 0 Å². The summed E-state index contributed by atoms with van der Waals surface area (Å²) in [5.41, 5.74) is 4.32. The van der Waals surface area contributed by atoms with Gasteiger partial charge in [0, 0.05) is 51.5 Å². The smallest absolute Gasteiger partial charge is 0.289 e. The maximum atomic E-state index is 12.9. The SMILES string of the molecule is O=C(c1cc2cc(Br)ccc2o1)N1CCc2[nH]c3ccccc3c2C1. The van der Waals surface area contributed by atoms with Crippen LogP contribution in [-0.4, -0.2) is 22.3 Å².